The molecule has 0 atom stereocenters. The number of hydrogen-bond donors (Lipinski definition) is 0. The highest BCUT2D eigenvalue weighted by atomic mass is 16.3. The summed E-state index contributed by atoms with van der Waals surface area (Å²) in [6.07, 6.45) is 0. The van der Waals surface area contributed by atoms with E-state index in [0.717, 1.165) is 60.7 Å². The predicted octanol–water partition coefficient (Wildman–Crippen LogP) is 14.1. The van der Waals surface area contributed by atoms with Gasteiger partial charge in [0, 0.05) is 33.0 Å². The van der Waals surface area contributed by atoms with Crippen LogP contribution >= 0.6 is 0 Å². The van der Waals surface area contributed by atoms with E-state index >= 15 is 0 Å². The summed E-state index contributed by atoms with van der Waals surface area (Å²) in [6, 6.07) is 66.2. The zero-order valence-electron chi connectivity index (χ0n) is 30.6. The number of furan rings is 1. The summed E-state index contributed by atoms with van der Waals surface area (Å²) in [7, 11) is 0. The lowest BCUT2D eigenvalue weighted by atomic mass is 9.90. The van der Waals surface area contributed by atoms with Crippen molar-refractivity contribution >= 4 is 43.5 Å². The maximum Gasteiger partial charge on any atom is 0.164 e. The SMILES string of the molecule is c1ccc(-c2nc(-c3ccc(-c4ccc(-c5ccc6c7c(cccc57)-c5ccccc5-6)c5c4oc4ccccc45)cc3)nc(-c3ccc4ccccc4c3)n2)cc1. The van der Waals surface area contributed by atoms with Gasteiger partial charge in [0.15, 0.2) is 17.5 Å². The van der Waals surface area contributed by atoms with E-state index < -0.39 is 0 Å². The predicted molar refractivity (Wildman–Crippen MR) is 234 cm³/mol. The van der Waals surface area contributed by atoms with Crippen LogP contribution in [0, 0.1) is 0 Å². The molecule has 0 aliphatic heterocycles. The molecule has 4 heteroatoms. The average Bonchev–Trinajstić information content (AvgIpc) is 3.84. The van der Waals surface area contributed by atoms with Gasteiger partial charge in [0.2, 0.25) is 0 Å². The third-order valence-corrected chi connectivity index (χ3v) is 11.5. The van der Waals surface area contributed by atoms with E-state index in [0.29, 0.717) is 17.5 Å². The van der Waals surface area contributed by atoms with E-state index in [1.165, 1.54) is 44.0 Å². The topological polar surface area (TPSA) is 51.8 Å². The van der Waals surface area contributed by atoms with Gasteiger partial charge in [-0.2, -0.15) is 0 Å². The first-order chi connectivity index (χ1) is 28.2. The zero-order chi connectivity index (χ0) is 37.5. The average molecular weight is 726 g/mol. The van der Waals surface area contributed by atoms with Gasteiger partial charge in [0.1, 0.15) is 11.2 Å². The Bertz CT molecular complexity index is 3370. The molecule has 0 N–H and O–H groups in total. The van der Waals surface area contributed by atoms with E-state index in [4.69, 9.17) is 19.4 Å². The van der Waals surface area contributed by atoms with Gasteiger partial charge in [0.25, 0.3) is 0 Å². The number of rotatable bonds is 5. The highest BCUT2D eigenvalue weighted by Crippen LogP contribution is 2.51. The van der Waals surface area contributed by atoms with Gasteiger partial charge in [-0.05, 0) is 78.7 Å². The van der Waals surface area contributed by atoms with E-state index in [1.807, 2.05) is 36.4 Å². The highest BCUT2D eigenvalue weighted by molar-refractivity contribution is 6.23. The Morgan fingerprint density at radius 2 is 0.825 bits per heavy atom. The fraction of sp³-hybridized carbons (Fsp3) is 0. The molecule has 4 nitrogen and oxygen atoms in total. The first-order valence-corrected chi connectivity index (χ1v) is 19.3. The van der Waals surface area contributed by atoms with Crippen molar-refractivity contribution in [3.05, 3.63) is 188 Å². The Hall–Kier alpha value is -7.69. The van der Waals surface area contributed by atoms with Crippen molar-refractivity contribution in [2.75, 3.05) is 0 Å². The van der Waals surface area contributed by atoms with Crippen molar-refractivity contribution in [3.63, 3.8) is 0 Å². The molecule has 0 radical (unpaired) electrons. The smallest absolute Gasteiger partial charge is 0.164 e. The largest absolute Gasteiger partial charge is 0.455 e. The van der Waals surface area contributed by atoms with Crippen LogP contribution in [-0.2, 0) is 0 Å². The fourth-order valence-electron chi connectivity index (χ4n) is 8.80. The van der Waals surface area contributed by atoms with Crippen molar-refractivity contribution in [1.82, 2.24) is 15.0 Å². The summed E-state index contributed by atoms with van der Waals surface area (Å²) in [4.78, 5) is 15.0. The minimum Gasteiger partial charge on any atom is -0.455 e. The van der Waals surface area contributed by atoms with Crippen LogP contribution < -0.4 is 0 Å². The Kier molecular flexibility index (Phi) is 6.89. The van der Waals surface area contributed by atoms with Crippen LogP contribution in [0.2, 0.25) is 0 Å². The quantitative estimate of drug-likeness (QED) is 0.177. The summed E-state index contributed by atoms with van der Waals surface area (Å²) < 4.78 is 6.76. The maximum atomic E-state index is 6.76. The molecular formula is C53H31N3O. The van der Waals surface area contributed by atoms with Crippen LogP contribution in [0.1, 0.15) is 0 Å². The fourth-order valence-corrected chi connectivity index (χ4v) is 8.80. The minimum atomic E-state index is 0.622. The molecule has 57 heavy (non-hydrogen) atoms. The molecule has 12 rings (SSSR count). The van der Waals surface area contributed by atoms with Crippen LogP contribution in [0.25, 0.3) is 122 Å². The van der Waals surface area contributed by atoms with Crippen molar-refractivity contribution in [2.45, 2.75) is 0 Å². The zero-order valence-corrected chi connectivity index (χ0v) is 30.6. The summed E-state index contributed by atoms with van der Waals surface area (Å²) >= 11 is 0. The van der Waals surface area contributed by atoms with Crippen LogP contribution in [0.15, 0.2) is 192 Å². The van der Waals surface area contributed by atoms with Crippen molar-refractivity contribution < 1.29 is 4.42 Å². The lowest BCUT2D eigenvalue weighted by Crippen LogP contribution is -2.00. The molecule has 1 aliphatic rings. The molecule has 0 amide bonds. The van der Waals surface area contributed by atoms with Crippen molar-refractivity contribution in [2.24, 2.45) is 0 Å². The second-order valence-electron chi connectivity index (χ2n) is 14.7. The summed E-state index contributed by atoms with van der Waals surface area (Å²) in [5.41, 5.74) is 14.2. The van der Waals surface area contributed by atoms with Gasteiger partial charge < -0.3 is 4.42 Å². The molecule has 1 aliphatic carbocycles. The molecule has 9 aromatic carbocycles. The minimum absolute atomic E-state index is 0.622. The van der Waals surface area contributed by atoms with E-state index in [-0.39, 0.29) is 0 Å². The number of aromatic nitrogens is 3. The van der Waals surface area contributed by atoms with Crippen LogP contribution in [0.5, 0.6) is 0 Å². The van der Waals surface area contributed by atoms with Gasteiger partial charge in [0.05, 0.1) is 0 Å². The molecule has 0 unspecified atom stereocenters. The molecule has 0 saturated carbocycles. The second kappa shape index (κ2) is 12.4. The van der Waals surface area contributed by atoms with Gasteiger partial charge in [-0.25, -0.2) is 15.0 Å². The molecule has 0 fully saturated rings. The Labute approximate surface area is 328 Å². The standard InChI is InChI=1S/C53H31N3O/c1-2-12-34(13-3-1)51-54-52(56-53(55-51)37-26-21-32-11-4-5-14-36(32)31-37)35-24-22-33(23-25-35)38-27-29-45(49-46-17-8-9-20-47(46)57-50(38)49)41-28-30-44-40-16-7-6-15-39(40)42-18-10-19-43(41)48(42)44/h1-31H. The monoisotopic (exact) mass is 725 g/mol. The second-order valence-corrected chi connectivity index (χ2v) is 14.7. The summed E-state index contributed by atoms with van der Waals surface area (Å²) in [6.45, 7) is 0. The molecule has 2 heterocycles. The number of fused-ring (bicyclic) bond motifs is 7. The van der Waals surface area contributed by atoms with Crippen molar-refractivity contribution in [1.29, 1.82) is 0 Å². The Morgan fingerprint density at radius 1 is 0.298 bits per heavy atom. The summed E-state index contributed by atoms with van der Waals surface area (Å²) in [5.74, 6) is 1.90. The first kappa shape index (κ1) is 31.6. The van der Waals surface area contributed by atoms with Crippen LogP contribution in [0.3, 0.4) is 0 Å². The Balaban J connectivity index is 0.991. The van der Waals surface area contributed by atoms with Gasteiger partial charge in [-0.3, -0.25) is 0 Å². The third kappa shape index (κ3) is 4.98. The van der Waals surface area contributed by atoms with E-state index in [9.17, 15) is 0 Å². The van der Waals surface area contributed by atoms with Gasteiger partial charge >= 0.3 is 0 Å². The molecule has 264 valence electrons. The molecular weight excluding hydrogens is 695 g/mol. The molecule has 0 saturated heterocycles. The third-order valence-electron chi connectivity index (χ3n) is 11.5. The first-order valence-electron chi connectivity index (χ1n) is 19.3. The molecule has 2 aromatic heterocycles. The molecule has 11 aromatic rings. The maximum absolute atomic E-state index is 6.76. The Morgan fingerprint density at radius 3 is 1.61 bits per heavy atom. The number of para-hydroxylation sites is 1. The molecule has 0 spiro atoms. The summed E-state index contributed by atoms with van der Waals surface area (Å²) in [5, 5.41) is 7.11. The normalized spacial score (nSPS) is 11.9. The lowest BCUT2D eigenvalue weighted by molar-refractivity contribution is 0.670. The lowest BCUT2D eigenvalue weighted by Gasteiger charge is -2.13. The van der Waals surface area contributed by atoms with Gasteiger partial charge in [-0.15, -0.1) is 0 Å². The number of hydrogen-bond acceptors (Lipinski definition) is 4. The van der Waals surface area contributed by atoms with E-state index in [2.05, 4.69) is 152 Å². The van der Waals surface area contributed by atoms with Gasteiger partial charge in [-0.1, -0.05) is 170 Å². The highest BCUT2D eigenvalue weighted by Gasteiger charge is 2.24. The van der Waals surface area contributed by atoms with E-state index in [1.54, 1.807) is 0 Å². The van der Waals surface area contributed by atoms with Crippen molar-refractivity contribution in [3.8, 4) is 78.7 Å². The van der Waals surface area contributed by atoms with Crippen LogP contribution in [0.4, 0.5) is 0 Å². The molecule has 0 bridgehead atoms. The number of nitrogens with zero attached hydrogens (tertiary/aromatic N) is 3. The number of benzene rings is 9. The van der Waals surface area contributed by atoms with Crippen LogP contribution in [-0.4, -0.2) is 15.0 Å².